The minimum Gasteiger partial charge on any atom is -0.410 e. The van der Waals surface area contributed by atoms with E-state index < -0.39 is 0 Å². The van der Waals surface area contributed by atoms with E-state index >= 15 is 0 Å². The first-order valence-electron chi connectivity index (χ1n) is 8.47. The quantitative estimate of drug-likeness (QED) is 0.655. The van der Waals surface area contributed by atoms with Crippen LogP contribution in [0.4, 0.5) is 5.00 Å². The summed E-state index contributed by atoms with van der Waals surface area (Å²) in [6, 6.07) is 7.66. The van der Waals surface area contributed by atoms with Crippen LogP contribution in [0.25, 0.3) is 11.6 Å². The first-order valence-corrected chi connectivity index (χ1v) is 10.3. The number of carbonyl (C=O) groups is 1. The Morgan fingerprint density at radius 1 is 1.33 bits per heavy atom. The van der Waals surface area contributed by atoms with Gasteiger partial charge in [0, 0.05) is 11.1 Å². The zero-order valence-corrected chi connectivity index (χ0v) is 15.9. The van der Waals surface area contributed by atoms with Gasteiger partial charge in [-0.05, 0) is 43.4 Å². The van der Waals surface area contributed by atoms with E-state index in [1.807, 2.05) is 6.07 Å². The summed E-state index contributed by atoms with van der Waals surface area (Å²) < 4.78 is 5.53. The van der Waals surface area contributed by atoms with Crippen molar-refractivity contribution in [2.45, 2.75) is 30.9 Å². The average molecular weight is 397 g/mol. The maximum atomic E-state index is 12.3. The highest BCUT2D eigenvalue weighted by atomic mass is 32.2. The van der Waals surface area contributed by atoms with Crippen LogP contribution in [-0.2, 0) is 17.6 Å². The van der Waals surface area contributed by atoms with Gasteiger partial charge in [0.2, 0.25) is 5.91 Å². The van der Waals surface area contributed by atoms with Crippen LogP contribution >= 0.6 is 23.1 Å². The maximum Gasteiger partial charge on any atom is 0.277 e. The van der Waals surface area contributed by atoms with E-state index in [9.17, 15) is 10.1 Å². The van der Waals surface area contributed by atoms with Crippen molar-refractivity contribution in [3.63, 3.8) is 0 Å². The molecule has 1 aliphatic carbocycles. The number of aromatic nitrogens is 3. The van der Waals surface area contributed by atoms with Gasteiger partial charge in [-0.25, -0.2) is 0 Å². The molecule has 3 aromatic rings. The Labute approximate surface area is 163 Å². The van der Waals surface area contributed by atoms with E-state index in [1.165, 1.54) is 16.2 Å². The van der Waals surface area contributed by atoms with E-state index in [-0.39, 0.29) is 11.7 Å². The van der Waals surface area contributed by atoms with Crippen molar-refractivity contribution < 1.29 is 9.21 Å². The van der Waals surface area contributed by atoms with Gasteiger partial charge in [-0.15, -0.1) is 21.5 Å². The van der Waals surface area contributed by atoms with Crippen LogP contribution in [0.15, 0.2) is 34.0 Å². The second-order valence-electron chi connectivity index (χ2n) is 5.95. The molecule has 0 atom stereocenters. The number of pyridine rings is 1. The molecule has 0 saturated heterocycles. The topological polar surface area (TPSA) is 105 Å². The molecule has 0 aliphatic heterocycles. The summed E-state index contributed by atoms with van der Waals surface area (Å²) in [5, 5.41) is 21.1. The van der Waals surface area contributed by atoms with Gasteiger partial charge in [-0.3, -0.25) is 9.78 Å². The molecule has 7 nitrogen and oxygen atoms in total. The molecule has 4 rings (SSSR count). The number of rotatable bonds is 5. The zero-order valence-electron chi connectivity index (χ0n) is 14.3. The van der Waals surface area contributed by atoms with Crippen molar-refractivity contribution in [3.8, 4) is 17.7 Å². The van der Waals surface area contributed by atoms with Gasteiger partial charge in [0.25, 0.3) is 11.1 Å². The predicted molar refractivity (Wildman–Crippen MR) is 103 cm³/mol. The summed E-state index contributed by atoms with van der Waals surface area (Å²) in [5.74, 6) is 0.237. The molecule has 27 heavy (non-hydrogen) atoms. The lowest BCUT2D eigenvalue weighted by Gasteiger charge is -2.09. The highest BCUT2D eigenvalue weighted by molar-refractivity contribution is 7.99. The fraction of sp³-hybridized carbons (Fsp3) is 0.278. The Kier molecular flexibility index (Phi) is 5.18. The van der Waals surface area contributed by atoms with Crippen LogP contribution in [0.1, 0.15) is 28.8 Å². The van der Waals surface area contributed by atoms with E-state index in [0.717, 1.165) is 43.0 Å². The van der Waals surface area contributed by atoms with Crippen molar-refractivity contribution in [1.82, 2.24) is 15.2 Å². The van der Waals surface area contributed by atoms with E-state index in [2.05, 4.69) is 26.6 Å². The molecule has 0 spiro atoms. The number of hydrogen-bond acceptors (Lipinski definition) is 8. The summed E-state index contributed by atoms with van der Waals surface area (Å²) in [4.78, 5) is 17.7. The van der Waals surface area contributed by atoms with Gasteiger partial charge >= 0.3 is 0 Å². The standard InChI is InChI=1S/C18H15N5O2S2/c19-9-12-11-5-1-2-7-14(11)27-17(12)21-15(24)10-26-18-23-22-16(25-18)13-6-3-4-8-20-13/h3-4,6,8H,1-2,5,7,10H2,(H,21,24). The van der Waals surface area contributed by atoms with Crippen LogP contribution in [0.5, 0.6) is 0 Å². The van der Waals surface area contributed by atoms with Crippen LogP contribution in [0.3, 0.4) is 0 Å². The number of amides is 1. The molecule has 0 fully saturated rings. The molecule has 0 aromatic carbocycles. The van der Waals surface area contributed by atoms with Gasteiger partial charge in [-0.1, -0.05) is 17.8 Å². The molecule has 0 saturated carbocycles. The Bertz CT molecular complexity index is 1010. The smallest absolute Gasteiger partial charge is 0.277 e. The molecular weight excluding hydrogens is 382 g/mol. The number of hydrogen-bond donors (Lipinski definition) is 1. The van der Waals surface area contributed by atoms with E-state index in [4.69, 9.17) is 4.42 Å². The monoisotopic (exact) mass is 397 g/mol. The van der Waals surface area contributed by atoms with E-state index in [1.54, 1.807) is 18.3 Å². The fourth-order valence-corrected chi connectivity index (χ4v) is 4.74. The molecule has 3 heterocycles. The van der Waals surface area contributed by atoms with Gasteiger partial charge in [0.15, 0.2) is 0 Å². The molecular formula is C18H15N5O2S2. The minimum atomic E-state index is -0.201. The molecule has 0 bridgehead atoms. The van der Waals surface area contributed by atoms with Gasteiger partial charge in [0.05, 0.1) is 11.3 Å². The number of thiophene rings is 1. The summed E-state index contributed by atoms with van der Waals surface area (Å²) in [7, 11) is 0. The molecule has 3 aromatic heterocycles. The predicted octanol–water partition coefficient (Wildman–Crippen LogP) is 3.67. The highest BCUT2D eigenvalue weighted by Crippen LogP contribution is 2.37. The molecule has 9 heteroatoms. The van der Waals surface area contributed by atoms with Crippen LogP contribution in [0.2, 0.25) is 0 Å². The number of nitrogens with zero attached hydrogens (tertiary/aromatic N) is 4. The van der Waals surface area contributed by atoms with Crippen molar-refractivity contribution in [2.24, 2.45) is 0 Å². The lowest BCUT2D eigenvalue weighted by molar-refractivity contribution is -0.113. The number of fused-ring (bicyclic) bond motifs is 1. The SMILES string of the molecule is N#Cc1c(NC(=O)CSc2nnc(-c3ccccn3)o2)sc2c1CCCC2. The van der Waals surface area contributed by atoms with Crippen molar-refractivity contribution >= 4 is 34.0 Å². The third kappa shape index (κ3) is 3.86. The normalized spacial score (nSPS) is 13.0. The summed E-state index contributed by atoms with van der Waals surface area (Å²) in [5.41, 5.74) is 2.31. The first kappa shape index (κ1) is 17.7. The van der Waals surface area contributed by atoms with Gasteiger partial charge in [-0.2, -0.15) is 5.26 Å². The molecule has 0 unspecified atom stereocenters. The number of nitrogens with one attached hydrogen (secondary N) is 1. The number of nitriles is 1. The molecule has 1 N–H and O–H groups in total. The number of anilines is 1. The van der Waals surface area contributed by atoms with Crippen LogP contribution < -0.4 is 5.32 Å². The molecule has 1 aliphatic rings. The first-order chi connectivity index (χ1) is 13.2. The lowest BCUT2D eigenvalue weighted by atomic mass is 9.96. The Morgan fingerprint density at radius 2 is 2.22 bits per heavy atom. The maximum absolute atomic E-state index is 12.3. The zero-order chi connectivity index (χ0) is 18.6. The van der Waals surface area contributed by atoms with Gasteiger partial charge in [0.1, 0.15) is 16.8 Å². The number of aryl methyl sites for hydroxylation is 1. The lowest BCUT2D eigenvalue weighted by Crippen LogP contribution is -2.14. The molecule has 0 radical (unpaired) electrons. The van der Waals surface area contributed by atoms with Crippen LogP contribution in [0, 0.1) is 11.3 Å². The Morgan fingerprint density at radius 3 is 3.04 bits per heavy atom. The third-order valence-electron chi connectivity index (χ3n) is 4.15. The second-order valence-corrected chi connectivity index (χ2v) is 7.98. The summed E-state index contributed by atoms with van der Waals surface area (Å²) >= 11 is 2.67. The Balaban J connectivity index is 1.39. The highest BCUT2D eigenvalue weighted by Gasteiger charge is 2.22. The molecule has 1 amide bonds. The summed E-state index contributed by atoms with van der Waals surface area (Å²) in [6.07, 6.45) is 5.78. The average Bonchev–Trinajstić information content (AvgIpc) is 3.31. The number of carbonyl (C=O) groups excluding carboxylic acids is 1. The van der Waals surface area contributed by atoms with Crippen molar-refractivity contribution in [2.75, 3.05) is 11.1 Å². The van der Waals surface area contributed by atoms with Crippen molar-refractivity contribution in [3.05, 3.63) is 40.4 Å². The van der Waals surface area contributed by atoms with Crippen LogP contribution in [-0.4, -0.2) is 26.8 Å². The third-order valence-corrected chi connectivity index (χ3v) is 6.18. The minimum absolute atomic E-state index is 0.122. The fourth-order valence-electron chi connectivity index (χ4n) is 2.92. The second kappa shape index (κ2) is 7.90. The van der Waals surface area contributed by atoms with Gasteiger partial charge < -0.3 is 9.73 Å². The number of thioether (sulfide) groups is 1. The largest absolute Gasteiger partial charge is 0.410 e. The molecule has 136 valence electrons. The van der Waals surface area contributed by atoms with E-state index in [0.29, 0.717) is 27.4 Å². The van der Waals surface area contributed by atoms with Crippen molar-refractivity contribution in [1.29, 1.82) is 5.26 Å². The Hall–Kier alpha value is -2.70. The summed E-state index contributed by atoms with van der Waals surface area (Å²) in [6.45, 7) is 0.